The topological polar surface area (TPSA) is 9.23 Å². The molecular weight excluding hydrogens is 284 g/mol. The van der Waals surface area contributed by atoms with Gasteiger partial charge in [-0.15, -0.1) is 22.9 Å². The largest absolute Gasteiger partial charge is 0.496 e. The van der Waals surface area contributed by atoms with Gasteiger partial charge in [-0.25, -0.2) is 0 Å². The number of thiophene rings is 1. The maximum Gasteiger partial charge on any atom is 0.128 e. The van der Waals surface area contributed by atoms with Crippen LogP contribution < -0.4 is 4.74 Å². The maximum absolute atomic E-state index is 5.80. The molecule has 4 heteroatoms. The first-order valence-corrected chi connectivity index (χ1v) is 6.26. The van der Waals surface area contributed by atoms with Crippen LogP contribution in [-0.2, 0) is 5.88 Å². The molecule has 1 aromatic carbocycles. The number of alkyl halides is 1. The molecule has 74 valence electrons. The van der Waals surface area contributed by atoms with Gasteiger partial charge in [0.1, 0.15) is 5.75 Å². The van der Waals surface area contributed by atoms with Crippen LogP contribution >= 0.6 is 38.9 Å². The van der Waals surface area contributed by atoms with Gasteiger partial charge in [0.15, 0.2) is 0 Å². The summed E-state index contributed by atoms with van der Waals surface area (Å²) in [4.78, 5) is 0. The molecule has 1 nitrogen and oxygen atoms in total. The highest BCUT2D eigenvalue weighted by Gasteiger charge is 2.09. The van der Waals surface area contributed by atoms with Crippen molar-refractivity contribution in [1.29, 1.82) is 0 Å². The fourth-order valence-corrected chi connectivity index (χ4v) is 3.26. The minimum atomic E-state index is 0.516. The van der Waals surface area contributed by atoms with E-state index in [1.165, 1.54) is 4.70 Å². The summed E-state index contributed by atoms with van der Waals surface area (Å²) in [6.07, 6.45) is 0. The molecular formula is C10H8BrClOS. The van der Waals surface area contributed by atoms with Crippen molar-refractivity contribution in [1.82, 2.24) is 0 Å². The summed E-state index contributed by atoms with van der Waals surface area (Å²) < 4.78 is 7.61. The maximum atomic E-state index is 5.80. The Morgan fingerprint density at radius 1 is 1.50 bits per heavy atom. The molecule has 0 aliphatic heterocycles. The molecule has 0 saturated heterocycles. The van der Waals surface area contributed by atoms with Crippen LogP contribution in [0.4, 0.5) is 0 Å². The standard InChI is InChI=1S/C10H8BrClOS/c1-13-8-2-6(4-12)3-9-10(8)7(11)5-14-9/h2-3,5H,4H2,1H3. The zero-order valence-electron chi connectivity index (χ0n) is 7.51. The first kappa shape index (κ1) is 10.3. The molecule has 0 unspecified atom stereocenters. The average Bonchev–Trinajstić information content (AvgIpc) is 2.59. The fourth-order valence-electron chi connectivity index (χ4n) is 1.38. The Bertz CT molecular complexity index is 466. The van der Waals surface area contributed by atoms with E-state index in [0.29, 0.717) is 5.88 Å². The summed E-state index contributed by atoms with van der Waals surface area (Å²) in [6.45, 7) is 0. The second-order valence-corrected chi connectivity index (χ2v) is 4.92. The van der Waals surface area contributed by atoms with Crippen LogP contribution in [0.3, 0.4) is 0 Å². The lowest BCUT2D eigenvalue weighted by Gasteiger charge is -2.04. The van der Waals surface area contributed by atoms with Crippen LogP contribution in [0.5, 0.6) is 5.75 Å². The molecule has 0 spiro atoms. The number of methoxy groups -OCH3 is 1. The van der Waals surface area contributed by atoms with Crippen molar-refractivity contribution < 1.29 is 4.74 Å². The van der Waals surface area contributed by atoms with Crippen molar-refractivity contribution >= 4 is 49.0 Å². The number of hydrogen-bond donors (Lipinski definition) is 0. The van der Waals surface area contributed by atoms with E-state index in [0.717, 1.165) is 21.2 Å². The zero-order chi connectivity index (χ0) is 10.1. The Kier molecular flexibility index (Phi) is 3.00. The quantitative estimate of drug-likeness (QED) is 0.745. The zero-order valence-corrected chi connectivity index (χ0v) is 10.7. The summed E-state index contributed by atoms with van der Waals surface area (Å²) in [5.74, 6) is 1.40. The van der Waals surface area contributed by atoms with Crippen molar-refractivity contribution in [3.05, 3.63) is 27.5 Å². The summed E-state index contributed by atoms with van der Waals surface area (Å²) in [5.41, 5.74) is 1.09. The van der Waals surface area contributed by atoms with Gasteiger partial charge < -0.3 is 4.74 Å². The Morgan fingerprint density at radius 3 is 2.93 bits per heavy atom. The lowest BCUT2D eigenvalue weighted by atomic mass is 10.2. The molecule has 0 radical (unpaired) electrons. The third-order valence-electron chi connectivity index (χ3n) is 2.03. The van der Waals surface area contributed by atoms with Crippen molar-refractivity contribution in [2.24, 2.45) is 0 Å². The number of halogens is 2. The van der Waals surface area contributed by atoms with Gasteiger partial charge in [0, 0.05) is 25.8 Å². The molecule has 0 N–H and O–H groups in total. The van der Waals surface area contributed by atoms with Crippen LogP contribution in [0.2, 0.25) is 0 Å². The second-order valence-electron chi connectivity index (χ2n) is 2.89. The highest BCUT2D eigenvalue weighted by molar-refractivity contribution is 9.10. The molecule has 0 aliphatic rings. The van der Waals surface area contributed by atoms with Crippen molar-refractivity contribution in [3.63, 3.8) is 0 Å². The molecule has 0 saturated carbocycles. The van der Waals surface area contributed by atoms with Gasteiger partial charge in [-0.05, 0) is 33.6 Å². The Morgan fingerprint density at radius 2 is 2.29 bits per heavy atom. The number of fused-ring (bicyclic) bond motifs is 1. The first-order valence-electron chi connectivity index (χ1n) is 4.06. The molecule has 1 heterocycles. The van der Waals surface area contributed by atoms with Gasteiger partial charge in [-0.3, -0.25) is 0 Å². The van der Waals surface area contributed by atoms with E-state index in [1.54, 1.807) is 18.4 Å². The molecule has 0 bridgehead atoms. The molecule has 2 rings (SSSR count). The summed E-state index contributed by atoms with van der Waals surface area (Å²) in [6, 6.07) is 4.08. The van der Waals surface area contributed by atoms with E-state index >= 15 is 0 Å². The van der Waals surface area contributed by atoms with Crippen LogP contribution in [0.15, 0.2) is 22.0 Å². The minimum absolute atomic E-state index is 0.516. The van der Waals surface area contributed by atoms with Crippen LogP contribution in [0, 0.1) is 0 Å². The monoisotopic (exact) mass is 290 g/mol. The highest BCUT2D eigenvalue weighted by atomic mass is 79.9. The molecule has 1 aromatic heterocycles. The van der Waals surface area contributed by atoms with E-state index in [1.807, 2.05) is 6.07 Å². The normalized spacial score (nSPS) is 10.8. The SMILES string of the molecule is COc1cc(CCl)cc2scc(Br)c12. The molecule has 0 aliphatic carbocycles. The van der Waals surface area contributed by atoms with Crippen molar-refractivity contribution in [2.45, 2.75) is 5.88 Å². The van der Waals surface area contributed by atoms with E-state index in [9.17, 15) is 0 Å². The lowest BCUT2D eigenvalue weighted by Crippen LogP contribution is -1.86. The van der Waals surface area contributed by atoms with Gasteiger partial charge in [-0.2, -0.15) is 0 Å². The van der Waals surface area contributed by atoms with E-state index in [4.69, 9.17) is 16.3 Å². The van der Waals surface area contributed by atoms with Gasteiger partial charge >= 0.3 is 0 Å². The summed E-state index contributed by atoms with van der Waals surface area (Å²) in [7, 11) is 1.68. The van der Waals surface area contributed by atoms with Gasteiger partial charge in [0.2, 0.25) is 0 Å². The van der Waals surface area contributed by atoms with Crippen molar-refractivity contribution in [3.8, 4) is 5.75 Å². The number of benzene rings is 1. The molecule has 0 amide bonds. The first-order chi connectivity index (χ1) is 6.76. The van der Waals surface area contributed by atoms with Crippen molar-refractivity contribution in [2.75, 3.05) is 7.11 Å². The summed E-state index contributed by atoms with van der Waals surface area (Å²) in [5, 5.41) is 3.19. The third kappa shape index (κ3) is 1.64. The predicted octanol–water partition coefficient (Wildman–Crippen LogP) is 4.41. The number of ether oxygens (including phenoxy) is 1. The highest BCUT2D eigenvalue weighted by Crippen LogP contribution is 2.38. The minimum Gasteiger partial charge on any atom is -0.496 e. The Hall–Kier alpha value is -0.250. The van der Waals surface area contributed by atoms with Gasteiger partial charge in [0.25, 0.3) is 0 Å². The van der Waals surface area contributed by atoms with E-state index in [-0.39, 0.29) is 0 Å². The number of rotatable bonds is 2. The Labute approximate surface area is 99.8 Å². The fraction of sp³-hybridized carbons (Fsp3) is 0.200. The van der Waals surface area contributed by atoms with Crippen LogP contribution in [0.1, 0.15) is 5.56 Å². The molecule has 14 heavy (non-hydrogen) atoms. The van der Waals surface area contributed by atoms with Gasteiger partial charge in [0.05, 0.1) is 7.11 Å². The van der Waals surface area contributed by atoms with Gasteiger partial charge in [-0.1, -0.05) is 0 Å². The van der Waals surface area contributed by atoms with Crippen LogP contribution in [-0.4, -0.2) is 7.11 Å². The molecule has 2 aromatic rings. The molecule has 0 atom stereocenters. The lowest BCUT2D eigenvalue weighted by molar-refractivity contribution is 0.419. The smallest absolute Gasteiger partial charge is 0.128 e. The van der Waals surface area contributed by atoms with E-state index in [2.05, 4.69) is 27.4 Å². The Balaban J connectivity index is 2.76. The predicted molar refractivity (Wildman–Crippen MR) is 65.6 cm³/mol. The average molecular weight is 292 g/mol. The third-order valence-corrected chi connectivity index (χ3v) is 4.19. The van der Waals surface area contributed by atoms with E-state index < -0.39 is 0 Å². The van der Waals surface area contributed by atoms with Crippen LogP contribution in [0.25, 0.3) is 10.1 Å². The second kappa shape index (κ2) is 4.09. The summed E-state index contributed by atoms with van der Waals surface area (Å²) >= 11 is 11.0. The molecule has 0 fully saturated rings. The number of hydrogen-bond acceptors (Lipinski definition) is 2.